The van der Waals surface area contributed by atoms with Crippen LogP contribution in [0.1, 0.15) is 6.92 Å². The van der Waals surface area contributed by atoms with Crippen LogP contribution in [0.3, 0.4) is 0 Å². The van der Waals surface area contributed by atoms with E-state index in [4.69, 9.17) is 13.9 Å². The predicted molar refractivity (Wildman–Crippen MR) is 82.5 cm³/mol. The molecular weight excluding hydrogens is 322 g/mol. The van der Waals surface area contributed by atoms with Crippen LogP contribution in [0.4, 0.5) is 6.01 Å². The van der Waals surface area contributed by atoms with Crippen LogP contribution in [0.25, 0.3) is 11.5 Å². The molecule has 2 heterocycles. The molecule has 0 saturated heterocycles. The van der Waals surface area contributed by atoms with Gasteiger partial charge in [-0.15, -0.1) is 5.10 Å². The number of carbonyl (C=O) groups excluding carboxylic acids is 2. The number of nitrogens with zero attached hydrogens (tertiary/aromatic N) is 2. The van der Waals surface area contributed by atoms with Gasteiger partial charge in [-0.25, -0.2) is 0 Å². The van der Waals surface area contributed by atoms with Gasteiger partial charge in [0.05, 0.1) is 5.75 Å². The summed E-state index contributed by atoms with van der Waals surface area (Å²) >= 11 is 0.906. The molecule has 0 radical (unpaired) electrons. The van der Waals surface area contributed by atoms with Crippen LogP contribution >= 0.6 is 11.8 Å². The lowest BCUT2D eigenvalue weighted by Gasteiger charge is -2.18. The average Bonchev–Trinajstić information content (AvgIpc) is 3.01. The van der Waals surface area contributed by atoms with Gasteiger partial charge in [-0.1, -0.05) is 16.9 Å². The van der Waals surface area contributed by atoms with E-state index in [-0.39, 0.29) is 28.7 Å². The van der Waals surface area contributed by atoms with Gasteiger partial charge in [0.1, 0.15) is 13.2 Å². The molecule has 9 heteroatoms. The molecule has 0 fully saturated rings. The van der Waals surface area contributed by atoms with Crippen LogP contribution in [0.5, 0.6) is 11.5 Å². The van der Waals surface area contributed by atoms with Crippen molar-refractivity contribution < 1.29 is 23.5 Å². The smallest absolute Gasteiger partial charge is 0.322 e. The maximum atomic E-state index is 11.6. The first kappa shape index (κ1) is 15.3. The van der Waals surface area contributed by atoms with Crippen molar-refractivity contribution in [2.75, 3.05) is 24.3 Å². The number of ether oxygens (including phenoxy) is 2. The third kappa shape index (κ3) is 3.81. The minimum absolute atomic E-state index is 0.00291. The zero-order valence-electron chi connectivity index (χ0n) is 12.2. The number of rotatable bonds is 4. The number of anilines is 1. The minimum atomic E-state index is -0.387. The molecule has 0 spiro atoms. The number of amides is 1. The molecule has 1 N–H and O–H groups in total. The number of thioether (sulfide) groups is 1. The molecule has 23 heavy (non-hydrogen) atoms. The van der Waals surface area contributed by atoms with Crippen molar-refractivity contribution in [1.29, 1.82) is 0 Å². The highest BCUT2D eigenvalue weighted by Crippen LogP contribution is 2.34. The van der Waals surface area contributed by atoms with E-state index < -0.39 is 0 Å². The van der Waals surface area contributed by atoms with Crippen LogP contribution in [0.15, 0.2) is 22.6 Å². The van der Waals surface area contributed by atoms with Crippen LogP contribution in [-0.2, 0) is 9.59 Å². The molecule has 1 aromatic carbocycles. The largest absolute Gasteiger partial charge is 0.486 e. The van der Waals surface area contributed by atoms with Gasteiger partial charge in [0, 0.05) is 12.5 Å². The number of fused-ring (bicyclic) bond motifs is 1. The number of benzene rings is 1. The zero-order valence-corrected chi connectivity index (χ0v) is 13.0. The van der Waals surface area contributed by atoms with Crippen LogP contribution in [0, 0.1) is 0 Å². The topological polar surface area (TPSA) is 104 Å². The molecular formula is C14H13N3O5S. The molecule has 2 aromatic rings. The number of aromatic nitrogens is 2. The zero-order chi connectivity index (χ0) is 16.2. The molecule has 1 amide bonds. The van der Waals surface area contributed by atoms with E-state index in [0.717, 1.165) is 11.8 Å². The summed E-state index contributed by atoms with van der Waals surface area (Å²) in [6, 6.07) is 5.23. The van der Waals surface area contributed by atoms with E-state index in [0.29, 0.717) is 30.3 Å². The lowest BCUT2D eigenvalue weighted by atomic mass is 10.2. The maximum Gasteiger partial charge on any atom is 0.322 e. The second-order valence-electron chi connectivity index (χ2n) is 4.60. The molecule has 3 rings (SSSR count). The monoisotopic (exact) mass is 335 g/mol. The first-order chi connectivity index (χ1) is 11.1. The van der Waals surface area contributed by atoms with Crippen molar-refractivity contribution >= 4 is 28.8 Å². The quantitative estimate of drug-likeness (QED) is 0.901. The fourth-order valence-corrected chi connectivity index (χ4v) is 2.30. The molecule has 1 aromatic heterocycles. The number of carbonyl (C=O) groups is 2. The molecule has 8 nitrogen and oxygen atoms in total. The summed E-state index contributed by atoms with van der Waals surface area (Å²) in [6.45, 7) is 2.39. The number of hydrogen-bond acceptors (Lipinski definition) is 8. The standard InChI is InChI=1S/C14H13N3O5S/c1-8(18)23-7-12(19)15-14-17-16-13(22-14)9-2-3-10-11(6-9)21-5-4-20-10/h2-3,6H,4-5,7H2,1H3,(H,15,17,19). The summed E-state index contributed by atoms with van der Waals surface area (Å²) < 4.78 is 16.3. The Hall–Kier alpha value is -2.55. The van der Waals surface area contributed by atoms with Gasteiger partial charge in [0.25, 0.3) is 0 Å². The van der Waals surface area contributed by atoms with Gasteiger partial charge in [-0.05, 0) is 18.2 Å². The van der Waals surface area contributed by atoms with Crippen molar-refractivity contribution in [1.82, 2.24) is 10.2 Å². The Morgan fingerprint density at radius 2 is 2.00 bits per heavy atom. The van der Waals surface area contributed by atoms with E-state index in [1.807, 2.05) is 0 Å². The fourth-order valence-electron chi connectivity index (χ4n) is 1.89. The van der Waals surface area contributed by atoms with E-state index in [1.165, 1.54) is 6.92 Å². The lowest BCUT2D eigenvalue weighted by molar-refractivity contribution is -0.114. The molecule has 0 atom stereocenters. The third-order valence-corrected chi connectivity index (χ3v) is 3.68. The van der Waals surface area contributed by atoms with Crippen LogP contribution in [-0.4, -0.2) is 40.2 Å². The van der Waals surface area contributed by atoms with E-state index in [2.05, 4.69) is 15.5 Å². The molecule has 0 saturated carbocycles. The van der Waals surface area contributed by atoms with Crippen molar-refractivity contribution in [3.8, 4) is 23.0 Å². The molecule has 1 aliphatic heterocycles. The van der Waals surface area contributed by atoms with E-state index >= 15 is 0 Å². The second kappa shape index (κ2) is 6.69. The Bertz CT molecular complexity index is 746. The van der Waals surface area contributed by atoms with Crippen LogP contribution < -0.4 is 14.8 Å². The second-order valence-corrected chi connectivity index (χ2v) is 5.75. The minimum Gasteiger partial charge on any atom is -0.486 e. The summed E-state index contributed by atoms with van der Waals surface area (Å²) in [5.41, 5.74) is 0.653. The highest BCUT2D eigenvalue weighted by Gasteiger charge is 2.16. The van der Waals surface area contributed by atoms with Crippen molar-refractivity contribution in [2.24, 2.45) is 0 Å². The number of nitrogens with one attached hydrogen (secondary N) is 1. The van der Waals surface area contributed by atoms with Crippen molar-refractivity contribution in [3.63, 3.8) is 0 Å². The van der Waals surface area contributed by atoms with Gasteiger partial charge in [0.15, 0.2) is 16.6 Å². The Morgan fingerprint density at radius 3 is 2.78 bits per heavy atom. The Balaban J connectivity index is 1.69. The Morgan fingerprint density at radius 1 is 1.22 bits per heavy atom. The molecule has 0 unspecified atom stereocenters. The van der Waals surface area contributed by atoms with E-state index in [9.17, 15) is 9.59 Å². The van der Waals surface area contributed by atoms with Gasteiger partial charge < -0.3 is 13.9 Å². The summed E-state index contributed by atoms with van der Waals surface area (Å²) in [4.78, 5) is 22.4. The Labute approximate surface area is 135 Å². The molecule has 1 aliphatic rings. The summed E-state index contributed by atoms with van der Waals surface area (Å²) in [6.07, 6.45) is 0. The third-order valence-electron chi connectivity index (χ3n) is 2.87. The lowest BCUT2D eigenvalue weighted by Crippen LogP contribution is -2.15. The SMILES string of the molecule is CC(=O)SCC(=O)Nc1nnc(-c2ccc3c(c2)OCCO3)o1. The van der Waals surface area contributed by atoms with Crippen molar-refractivity contribution in [3.05, 3.63) is 18.2 Å². The Kier molecular flexibility index (Phi) is 4.47. The highest BCUT2D eigenvalue weighted by atomic mass is 32.2. The van der Waals surface area contributed by atoms with Gasteiger partial charge in [-0.3, -0.25) is 14.9 Å². The average molecular weight is 335 g/mol. The summed E-state index contributed by atoms with van der Waals surface area (Å²) in [5, 5.41) is 9.94. The van der Waals surface area contributed by atoms with Crippen LogP contribution in [0.2, 0.25) is 0 Å². The molecule has 0 aliphatic carbocycles. The first-order valence-corrected chi connectivity index (χ1v) is 7.77. The molecule has 120 valence electrons. The van der Waals surface area contributed by atoms with Gasteiger partial charge in [0.2, 0.25) is 11.8 Å². The fraction of sp³-hybridized carbons (Fsp3) is 0.286. The normalized spacial score (nSPS) is 12.7. The van der Waals surface area contributed by atoms with Crippen molar-refractivity contribution in [2.45, 2.75) is 6.92 Å². The van der Waals surface area contributed by atoms with E-state index in [1.54, 1.807) is 18.2 Å². The first-order valence-electron chi connectivity index (χ1n) is 6.78. The van der Waals surface area contributed by atoms with Gasteiger partial charge in [-0.2, -0.15) is 0 Å². The summed E-state index contributed by atoms with van der Waals surface area (Å²) in [7, 11) is 0. The van der Waals surface area contributed by atoms with Gasteiger partial charge >= 0.3 is 6.01 Å². The highest BCUT2D eigenvalue weighted by molar-refractivity contribution is 8.14. The predicted octanol–water partition coefficient (Wildman–Crippen LogP) is 1.73. The maximum absolute atomic E-state index is 11.6. The molecule has 0 bridgehead atoms. The number of hydrogen-bond donors (Lipinski definition) is 1. The summed E-state index contributed by atoms with van der Waals surface area (Å²) in [5.74, 6) is 1.13.